The Balaban J connectivity index is 1.54. The lowest BCUT2D eigenvalue weighted by Crippen LogP contribution is -2.21. The summed E-state index contributed by atoms with van der Waals surface area (Å²) in [4.78, 5) is 23.2. The van der Waals surface area contributed by atoms with Crippen LogP contribution in [-0.4, -0.2) is 10.9 Å². The Hall–Kier alpha value is -4.87. The average molecular weight is 498 g/mol. The Morgan fingerprint density at radius 2 is 1.83 bits per heavy atom. The number of nitrogens with zero attached hydrogens (tertiary/aromatic N) is 2. The van der Waals surface area contributed by atoms with Gasteiger partial charge in [0, 0.05) is 23.8 Å². The minimum absolute atomic E-state index is 0.0154. The number of nitriles is 1. The largest absolute Gasteiger partial charge is 0.440 e. The standard InChI is InChI=1S/C27H16ClN3O5/c28-23-11-8-16(31(33)34)12-21(23)27(32)35-17-9-10-20-24(13-17)36-26(30)22(14-29)25(20)19-7-3-5-15-4-1-2-6-18(15)19/h1-13,25H,30H2. The number of esters is 1. The van der Waals surface area contributed by atoms with Crippen LogP contribution in [0.5, 0.6) is 11.5 Å². The van der Waals surface area contributed by atoms with Gasteiger partial charge in [-0.25, -0.2) is 4.79 Å². The maximum absolute atomic E-state index is 12.7. The lowest BCUT2D eigenvalue weighted by molar-refractivity contribution is -0.384. The molecule has 0 amide bonds. The van der Waals surface area contributed by atoms with Crippen LogP contribution < -0.4 is 15.2 Å². The number of nitrogens with two attached hydrogens (primary N) is 1. The van der Waals surface area contributed by atoms with Crippen molar-refractivity contribution in [3.8, 4) is 17.6 Å². The number of carbonyl (C=O) groups is 1. The molecule has 1 unspecified atom stereocenters. The number of hydrogen-bond acceptors (Lipinski definition) is 7. The van der Waals surface area contributed by atoms with Crippen molar-refractivity contribution in [2.45, 2.75) is 5.92 Å². The molecule has 1 aliphatic rings. The minimum Gasteiger partial charge on any atom is -0.440 e. The number of hydrogen-bond donors (Lipinski definition) is 1. The molecular formula is C27H16ClN3O5. The van der Waals surface area contributed by atoms with Gasteiger partial charge in [0.15, 0.2) is 0 Å². The highest BCUT2D eigenvalue weighted by atomic mass is 35.5. The summed E-state index contributed by atoms with van der Waals surface area (Å²) >= 11 is 6.06. The molecule has 2 N–H and O–H groups in total. The van der Waals surface area contributed by atoms with Crippen LogP contribution in [-0.2, 0) is 0 Å². The van der Waals surface area contributed by atoms with Crippen molar-refractivity contribution in [2.75, 3.05) is 0 Å². The zero-order valence-electron chi connectivity index (χ0n) is 18.5. The monoisotopic (exact) mass is 497 g/mol. The molecular weight excluding hydrogens is 482 g/mol. The van der Waals surface area contributed by atoms with Gasteiger partial charge in [0.1, 0.15) is 23.1 Å². The minimum atomic E-state index is -0.869. The summed E-state index contributed by atoms with van der Waals surface area (Å²) in [5.41, 5.74) is 7.51. The fraction of sp³-hybridized carbons (Fsp3) is 0.0370. The number of non-ortho nitro benzene ring substituents is 1. The predicted molar refractivity (Wildman–Crippen MR) is 133 cm³/mol. The van der Waals surface area contributed by atoms with Crippen LogP contribution >= 0.6 is 11.6 Å². The van der Waals surface area contributed by atoms with Gasteiger partial charge in [-0.2, -0.15) is 5.26 Å². The first kappa shape index (κ1) is 22.9. The van der Waals surface area contributed by atoms with Crippen molar-refractivity contribution in [3.63, 3.8) is 0 Å². The molecule has 0 radical (unpaired) electrons. The third-order valence-electron chi connectivity index (χ3n) is 5.92. The fourth-order valence-corrected chi connectivity index (χ4v) is 4.46. The summed E-state index contributed by atoms with van der Waals surface area (Å²) in [6, 6.07) is 24.1. The SMILES string of the molecule is N#CC1=C(N)Oc2cc(OC(=O)c3cc([N+](=O)[O-])ccc3Cl)ccc2C1c1cccc2ccccc12. The van der Waals surface area contributed by atoms with E-state index in [0.717, 1.165) is 22.4 Å². The number of benzene rings is 4. The van der Waals surface area contributed by atoms with E-state index in [-0.39, 0.29) is 33.5 Å². The first-order chi connectivity index (χ1) is 17.4. The lowest BCUT2D eigenvalue weighted by atomic mass is 9.81. The summed E-state index contributed by atoms with van der Waals surface area (Å²) in [5.74, 6) is -0.980. The van der Waals surface area contributed by atoms with Gasteiger partial charge < -0.3 is 15.2 Å². The molecule has 0 aromatic heterocycles. The maximum Gasteiger partial charge on any atom is 0.345 e. The molecule has 0 bridgehead atoms. The molecule has 0 saturated carbocycles. The molecule has 4 aromatic rings. The number of carbonyl (C=O) groups excluding carboxylic acids is 1. The Morgan fingerprint density at radius 1 is 1.06 bits per heavy atom. The van der Waals surface area contributed by atoms with Crippen LogP contribution in [0.2, 0.25) is 5.02 Å². The number of ether oxygens (including phenoxy) is 2. The lowest BCUT2D eigenvalue weighted by Gasteiger charge is -2.27. The van der Waals surface area contributed by atoms with E-state index >= 15 is 0 Å². The van der Waals surface area contributed by atoms with E-state index in [2.05, 4.69) is 6.07 Å². The Labute approximate surface area is 209 Å². The molecule has 36 heavy (non-hydrogen) atoms. The van der Waals surface area contributed by atoms with Crippen molar-refractivity contribution in [1.29, 1.82) is 5.26 Å². The van der Waals surface area contributed by atoms with Crippen LogP contribution in [0.4, 0.5) is 5.69 Å². The molecule has 1 heterocycles. The Morgan fingerprint density at radius 3 is 2.61 bits per heavy atom. The van der Waals surface area contributed by atoms with E-state index in [0.29, 0.717) is 11.3 Å². The van der Waals surface area contributed by atoms with Gasteiger partial charge in [-0.3, -0.25) is 10.1 Å². The summed E-state index contributed by atoms with van der Waals surface area (Å²) in [7, 11) is 0. The van der Waals surface area contributed by atoms with Gasteiger partial charge in [0.05, 0.1) is 21.4 Å². The predicted octanol–water partition coefficient (Wildman–Crippen LogP) is 5.84. The summed E-state index contributed by atoms with van der Waals surface area (Å²) in [5, 5.41) is 22.9. The average Bonchev–Trinajstić information content (AvgIpc) is 2.87. The fourth-order valence-electron chi connectivity index (χ4n) is 4.27. The third kappa shape index (κ3) is 3.98. The smallest absolute Gasteiger partial charge is 0.345 e. The Kier molecular flexibility index (Phi) is 5.76. The molecule has 1 aliphatic heterocycles. The van der Waals surface area contributed by atoms with Crippen LogP contribution in [0.25, 0.3) is 10.8 Å². The highest BCUT2D eigenvalue weighted by Gasteiger charge is 2.32. The highest BCUT2D eigenvalue weighted by Crippen LogP contribution is 2.45. The van der Waals surface area contributed by atoms with Gasteiger partial charge in [-0.05, 0) is 28.5 Å². The van der Waals surface area contributed by atoms with Crippen molar-refractivity contribution in [3.05, 3.63) is 122 Å². The van der Waals surface area contributed by atoms with Crippen LogP contribution in [0.3, 0.4) is 0 Å². The van der Waals surface area contributed by atoms with E-state index < -0.39 is 16.8 Å². The highest BCUT2D eigenvalue weighted by molar-refractivity contribution is 6.33. The number of halogens is 1. The summed E-state index contributed by atoms with van der Waals surface area (Å²) < 4.78 is 11.2. The first-order valence-electron chi connectivity index (χ1n) is 10.7. The normalized spacial score (nSPS) is 14.5. The zero-order chi connectivity index (χ0) is 25.4. The van der Waals surface area contributed by atoms with Gasteiger partial charge in [0.2, 0.25) is 5.88 Å². The quantitative estimate of drug-likeness (QED) is 0.162. The summed E-state index contributed by atoms with van der Waals surface area (Å²) in [6.45, 7) is 0. The topological polar surface area (TPSA) is 128 Å². The number of fused-ring (bicyclic) bond motifs is 2. The van der Waals surface area contributed by atoms with Gasteiger partial charge in [-0.1, -0.05) is 60.1 Å². The van der Waals surface area contributed by atoms with Crippen molar-refractivity contribution >= 4 is 34.0 Å². The van der Waals surface area contributed by atoms with Crippen LogP contribution in [0, 0.1) is 21.4 Å². The third-order valence-corrected chi connectivity index (χ3v) is 6.25. The number of nitro benzene ring substituents is 1. The van der Waals surface area contributed by atoms with Crippen LogP contribution in [0.1, 0.15) is 27.4 Å². The van der Waals surface area contributed by atoms with E-state index in [1.807, 2.05) is 42.5 Å². The van der Waals surface area contributed by atoms with Crippen molar-refractivity contribution < 1.29 is 19.2 Å². The second kappa shape index (κ2) is 9.06. The molecule has 176 valence electrons. The molecule has 0 spiro atoms. The van der Waals surface area contributed by atoms with Crippen molar-refractivity contribution in [2.24, 2.45) is 5.73 Å². The van der Waals surface area contributed by atoms with E-state index in [1.165, 1.54) is 18.2 Å². The van der Waals surface area contributed by atoms with E-state index in [1.54, 1.807) is 12.1 Å². The molecule has 5 rings (SSSR count). The van der Waals surface area contributed by atoms with Gasteiger partial charge >= 0.3 is 5.97 Å². The van der Waals surface area contributed by atoms with Gasteiger partial charge in [0.25, 0.3) is 5.69 Å². The number of rotatable bonds is 4. The number of nitro groups is 1. The Bertz CT molecular complexity index is 1640. The molecule has 0 aliphatic carbocycles. The first-order valence-corrected chi connectivity index (χ1v) is 11.1. The number of allylic oxidation sites excluding steroid dienone is 1. The van der Waals surface area contributed by atoms with Crippen molar-refractivity contribution in [1.82, 2.24) is 0 Å². The van der Waals surface area contributed by atoms with Gasteiger partial charge in [-0.15, -0.1) is 0 Å². The van der Waals surface area contributed by atoms with E-state index in [9.17, 15) is 20.2 Å². The second-order valence-electron chi connectivity index (χ2n) is 8.00. The van der Waals surface area contributed by atoms with E-state index in [4.69, 9.17) is 26.8 Å². The van der Waals surface area contributed by atoms with Crippen LogP contribution in [0.15, 0.2) is 90.3 Å². The summed E-state index contributed by atoms with van der Waals surface area (Å²) in [6.07, 6.45) is 0. The molecule has 0 fully saturated rings. The molecule has 0 saturated heterocycles. The molecule has 8 nitrogen and oxygen atoms in total. The second-order valence-corrected chi connectivity index (χ2v) is 8.41. The molecule has 9 heteroatoms. The maximum atomic E-state index is 12.7. The zero-order valence-corrected chi connectivity index (χ0v) is 19.2. The molecule has 4 aromatic carbocycles. The molecule has 1 atom stereocenters.